The minimum atomic E-state index is -4.14. The van der Waals surface area contributed by atoms with Crippen molar-refractivity contribution in [1.29, 1.82) is 0 Å². The topological polar surface area (TPSA) is 122 Å². The lowest BCUT2D eigenvalue weighted by atomic mass is 10.0. The van der Waals surface area contributed by atoms with Crippen LogP contribution in [0.4, 0.5) is 14.5 Å². The monoisotopic (exact) mass is 727 g/mol. The Hall–Kier alpha value is -3.59. The lowest BCUT2D eigenvalue weighted by Crippen LogP contribution is -2.42. The summed E-state index contributed by atoms with van der Waals surface area (Å²) in [6.07, 6.45) is 3.44. The predicted octanol–water partition coefficient (Wildman–Crippen LogP) is 5.53. The second-order valence-electron chi connectivity index (χ2n) is 11.9. The highest BCUT2D eigenvalue weighted by molar-refractivity contribution is 7.89. The van der Waals surface area contributed by atoms with E-state index in [2.05, 4.69) is 4.74 Å². The summed E-state index contributed by atoms with van der Waals surface area (Å²) in [5.41, 5.74) is 1.23. The van der Waals surface area contributed by atoms with Crippen molar-refractivity contribution < 1.29 is 45.7 Å². The zero-order chi connectivity index (χ0) is 34.2. The SMILES string of the molecule is CN1CCOc2ccc(S(=O)(=O)N3CCC[C@H]3C(=O)O[C@@H](Cc3c(Cl)c[n+]([O-])cc3Cl)c3ccc(OC(F)F)c(OCC4CC4)c3)cc21. The molecule has 3 aliphatic rings. The number of carbonyl (C=O) groups is 1. The van der Waals surface area contributed by atoms with E-state index < -0.39 is 34.7 Å². The van der Waals surface area contributed by atoms with Crippen LogP contribution in [0.5, 0.6) is 17.2 Å². The van der Waals surface area contributed by atoms with Crippen LogP contribution in [0.1, 0.15) is 42.9 Å². The van der Waals surface area contributed by atoms with Crippen LogP contribution in [0, 0.1) is 11.1 Å². The number of anilines is 1. The van der Waals surface area contributed by atoms with Crippen molar-refractivity contribution in [1.82, 2.24) is 4.31 Å². The molecule has 11 nitrogen and oxygen atoms in total. The van der Waals surface area contributed by atoms with Gasteiger partial charge in [-0.25, -0.2) is 8.42 Å². The van der Waals surface area contributed by atoms with Crippen molar-refractivity contribution in [3.05, 3.63) is 75.2 Å². The van der Waals surface area contributed by atoms with Crippen molar-refractivity contribution in [3.8, 4) is 17.2 Å². The number of carbonyl (C=O) groups excluding carboxylic acids is 1. The Morgan fingerprint density at radius 2 is 1.83 bits per heavy atom. The number of sulfonamides is 1. The molecule has 0 radical (unpaired) electrons. The number of hydrogen-bond acceptors (Lipinski definition) is 9. The summed E-state index contributed by atoms with van der Waals surface area (Å²) in [6.45, 7) is -1.67. The summed E-state index contributed by atoms with van der Waals surface area (Å²) < 4.78 is 78.0. The maximum absolute atomic E-state index is 13.9. The van der Waals surface area contributed by atoms with E-state index >= 15 is 0 Å². The number of halogens is 4. The van der Waals surface area contributed by atoms with Crippen LogP contribution in [-0.4, -0.2) is 64.7 Å². The van der Waals surface area contributed by atoms with Gasteiger partial charge in [-0.1, -0.05) is 29.3 Å². The fourth-order valence-corrected chi connectivity index (χ4v) is 8.04. The van der Waals surface area contributed by atoms with E-state index in [4.69, 9.17) is 37.4 Å². The molecule has 0 bridgehead atoms. The summed E-state index contributed by atoms with van der Waals surface area (Å²) in [5.74, 6) is -0.142. The third kappa shape index (κ3) is 7.51. The first kappa shape index (κ1) is 34.3. The fourth-order valence-electron chi connectivity index (χ4n) is 5.77. The second-order valence-corrected chi connectivity index (χ2v) is 14.6. The molecular formula is C32H33Cl2F2N3O8S. The van der Waals surface area contributed by atoms with Crippen LogP contribution < -0.4 is 23.8 Å². The minimum Gasteiger partial charge on any atom is -0.619 e. The zero-order valence-electron chi connectivity index (χ0n) is 25.8. The number of rotatable bonds is 12. The van der Waals surface area contributed by atoms with Crippen LogP contribution in [0.25, 0.3) is 0 Å². The summed E-state index contributed by atoms with van der Waals surface area (Å²) in [4.78, 5) is 15.8. The molecular weight excluding hydrogens is 695 g/mol. The number of aromatic nitrogens is 1. The van der Waals surface area contributed by atoms with Crippen molar-refractivity contribution in [3.63, 3.8) is 0 Å². The molecule has 258 valence electrons. The zero-order valence-corrected chi connectivity index (χ0v) is 28.1. The number of nitrogens with zero attached hydrogens (tertiary/aromatic N) is 3. The average Bonchev–Trinajstić information content (AvgIpc) is 3.73. The smallest absolute Gasteiger partial charge is 0.387 e. The number of hydrogen-bond donors (Lipinski definition) is 0. The number of ether oxygens (including phenoxy) is 4. The van der Waals surface area contributed by atoms with Gasteiger partial charge < -0.3 is 29.1 Å². The Labute approximate surface area is 286 Å². The highest BCUT2D eigenvalue weighted by Gasteiger charge is 2.42. The van der Waals surface area contributed by atoms with E-state index in [0.717, 1.165) is 29.5 Å². The normalized spacial score (nSPS) is 18.7. The average molecular weight is 729 g/mol. The highest BCUT2D eigenvalue weighted by atomic mass is 35.5. The summed E-state index contributed by atoms with van der Waals surface area (Å²) in [5, 5.41) is 11.9. The van der Waals surface area contributed by atoms with Crippen LogP contribution in [0.2, 0.25) is 10.0 Å². The number of fused-ring (bicyclic) bond motifs is 1. The molecule has 3 aromatic rings. The van der Waals surface area contributed by atoms with Crippen molar-refractivity contribution in [2.45, 2.75) is 55.8 Å². The molecule has 2 aromatic carbocycles. The van der Waals surface area contributed by atoms with Gasteiger partial charge in [0.05, 0.1) is 23.7 Å². The summed E-state index contributed by atoms with van der Waals surface area (Å²) in [6, 6.07) is 7.58. The van der Waals surface area contributed by atoms with Crippen LogP contribution in [-0.2, 0) is 26.0 Å². The molecule has 2 fully saturated rings. The third-order valence-corrected chi connectivity index (χ3v) is 11.1. The number of likely N-dealkylation sites (N-methyl/N-ethyl adjacent to an activating group) is 1. The van der Waals surface area contributed by atoms with Gasteiger partial charge in [0, 0.05) is 25.6 Å². The minimum absolute atomic E-state index is 0.00726. The Kier molecular flexibility index (Phi) is 10.1. The lowest BCUT2D eigenvalue weighted by Gasteiger charge is -2.29. The molecule has 0 N–H and O–H groups in total. The highest BCUT2D eigenvalue weighted by Crippen LogP contribution is 2.39. The van der Waals surface area contributed by atoms with Gasteiger partial charge >= 0.3 is 12.6 Å². The Balaban J connectivity index is 1.31. The first-order valence-corrected chi connectivity index (χ1v) is 17.6. The molecule has 2 atom stereocenters. The Morgan fingerprint density at radius 1 is 1.08 bits per heavy atom. The Morgan fingerprint density at radius 3 is 2.54 bits per heavy atom. The number of alkyl halides is 2. The van der Waals surface area contributed by atoms with E-state index in [0.29, 0.717) is 47.2 Å². The molecule has 1 aromatic heterocycles. The van der Waals surface area contributed by atoms with E-state index in [1.807, 2.05) is 11.9 Å². The standard InChI is InChI=1S/C32H33Cl2F2N3O8S/c1-37-11-12-44-27-9-7-21(14-26(27)37)48(42,43)39-10-2-3-25(39)31(40)46-29(15-22-23(33)16-38(41)17-24(22)34)20-6-8-28(47-32(35)36)30(13-20)45-18-19-4-5-19/h6-9,13-14,16-17,19,25,29,32H,2-5,10-12,15,18H2,1H3/t25-,29-/m0/s1. The molecule has 0 spiro atoms. The van der Waals surface area contributed by atoms with Gasteiger partial charge in [0.25, 0.3) is 0 Å². The lowest BCUT2D eigenvalue weighted by molar-refractivity contribution is -0.605. The van der Waals surface area contributed by atoms with Crippen LogP contribution in [0.3, 0.4) is 0 Å². The molecule has 0 unspecified atom stereocenters. The number of esters is 1. The molecule has 16 heteroatoms. The third-order valence-electron chi connectivity index (χ3n) is 8.54. The molecule has 0 amide bonds. The van der Waals surface area contributed by atoms with Gasteiger partial charge in [0.2, 0.25) is 10.0 Å². The first-order chi connectivity index (χ1) is 22.9. The van der Waals surface area contributed by atoms with Gasteiger partial charge in [0.15, 0.2) is 23.9 Å². The molecule has 1 saturated heterocycles. The molecule has 2 aliphatic heterocycles. The van der Waals surface area contributed by atoms with E-state index in [1.165, 1.54) is 30.3 Å². The van der Waals surface area contributed by atoms with Gasteiger partial charge in [-0.3, -0.25) is 4.79 Å². The van der Waals surface area contributed by atoms with E-state index in [9.17, 15) is 27.2 Å². The fraction of sp³-hybridized carbons (Fsp3) is 0.438. The molecule has 1 saturated carbocycles. The second kappa shape index (κ2) is 14.1. The maximum atomic E-state index is 13.9. The molecule has 3 heterocycles. The van der Waals surface area contributed by atoms with Gasteiger partial charge in [-0.15, -0.1) is 0 Å². The summed E-state index contributed by atoms with van der Waals surface area (Å²) >= 11 is 12.7. The Bertz CT molecular complexity index is 1770. The number of benzene rings is 2. The maximum Gasteiger partial charge on any atom is 0.387 e. The van der Waals surface area contributed by atoms with Gasteiger partial charge in [-0.2, -0.15) is 17.8 Å². The van der Waals surface area contributed by atoms with Gasteiger partial charge in [0.1, 0.15) is 34.5 Å². The predicted molar refractivity (Wildman–Crippen MR) is 171 cm³/mol. The van der Waals surface area contributed by atoms with Crippen LogP contribution >= 0.6 is 23.2 Å². The summed E-state index contributed by atoms with van der Waals surface area (Å²) in [7, 11) is -2.30. The van der Waals surface area contributed by atoms with Gasteiger partial charge in [-0.05, 0) is 67.5 Å². The van der Waals surface area contributed by atoms with Crippen molar-refractivity contribution in [2.75, 3.05) is 38.3 Å². The molecule has 1 aliphatic carbocycles. The molecule has 6 rings (SSSR count). The largest absolute Gasteiger partial charge is 0.619 e. The molecule has 48 heavy (non-hydrogen) atoms. The quantitative estimate of drug-likeness (QED) is 0.135. The van der Waals surface area contributed by atoms with Crippen molar-refractivity contribution >= 4 is 44.9 Å². The van der Waals surface area contributed by atoms with Crippen LogP contribution in [0.15, 0.2) is 53.7 Å². The number of pyridine rings is 1. The van der Waals surface area contributed by atoms with Crippen molar-refractivity contribution in [2.24, 2.45) is 5.92 Å². The van der Waals surface area contributed by atoms with E-state index in [1.54, 1.807) is 6.07 Å². The first-order valence-electron chi connectivity index (χ1n) is 15.4. The van der Waals surface area contributed by atoms with E-state index in [-0.39, 0.29) is 58.0 Å².